The van der Waals surface area contributed by atoms with Crippen molar-refractivity contribution in [3.05, 3.63) is 70.0 Å². The highest BCUT2D eigenvalue weighted by atomic mass is 32.1. The summed E-state index contributed by atoms with van der Waals surface area (Å²) in [7, 11) is 0. The number of allylic oxidation sites excluding steroid dienone is 1. The number of benzene rings is 2. The monoisotopic (exact) mass is 346 g/mol. The van der Waals surface area contributed by atoms with E-state index >= 15 is 0 Å². The van der Waals surface area contributed by atoms with Crippen LogP contribution in [0.25, 0.3) is 22.9 Å². The second-order valence-electron chi connectivity index (χ2n) is 5.58. The largest absolute Gasteiger partial charge is 0.494 e. The van der Waals surface area contributed by atoms with Crippen molar-refractivity contribution in [2.45, 2.75) is 13.8 Å². The maximum Gasteiger partial charge on any atom is 0.134 e. The summed E-state index contributed by atoms with van der Waals surface area (Å²) in [6, 6.07) is 18.2. The quantitative estimate of drug-likeness (QED) is 0.566. The van der Waals surface area contributed by atoms with Gasteiger partial charge in [-0.2, -0.15) is 5.26 Å². The zero-order chi connectivity index (χ0) is 17.6. The highest BCUT2D eigenvalue weighted by Crippen LogP contribution is 2.28. The first-order chi connectivity index (χ1) is 12.2. The molecule has 0 spiro atoms. The molecule has 0 unspecified atom stereocenters. The Labute approximate surface area is 151 Å². The van der Waals surface area contributed by atoms with E-state index in [1.165, 1.54) is 16.9 Å². The number of nitrogens with zero attached hydrogens (tertiary/aromatic N) is 2. The maximum atomic E-state index is 9.50. The molecule has 0 radical (unpaired) electrons. The summed E-state index contributed by atoms with van der Waals surface area (Å²) in [4.78, 5) is 4.63. The number of ether oxygens (including phenoxy) is 1. The zero-order valence-electron chi connectivity index (χ0n) is 14.2. The molecule has 25 heavy (non-hydrogen) atoms. The van der Waals surface area contributed by atoms with Crippen LogP contribution in [0.3, 0.4) is 0 Å². The van der Waals surface area contributed by atoms with E-state index < -0.39 is 0 Å². The van der Waals surface area contributed by atoms with Crippen LogP contribution in [0.1, 0.15) is 23.1 Å². The summed E-state index contributed by atoms with van der Waals surface area (Å²) >= 11 is 1.48. The summed E-state index contributed by atoms with van der Waals surface area (Å²) in [5.41, 5.74) is 4.65. The molecule has 0 amide bonds. The van der Waals surface area contributed by atoms with Crippen molar-refractivity contribution >= 4 is 23.0 Å². The first-order valence-electron chi connectivity index (χ1n) is 8.07. The lowest BCUT2D eigenvalue weighted by molar-refractivity contribution is 0.340. The third kappa shape index (κ3) is 4.14. The Kier molecular flexibility index (Phi) is 5.27. The minimum atomic E-state index is 0.575. The van der Waals surface area contributed by atoms with Crippen molar-refractivity contribution in [2.75, 3.05) is 6.61 Å². The fourth-order valence-electron chi connectivity index (χ4n) is 2.39. The number of nitriles is 1. The molecule has 0 bridgehead atoms. The minimum Gasteiger partial charge on any atom is -0.494 e. The van der Waals surface area contributed by atoms with Gasteiger partial charge in [0.25, 0.3) is 0 Å². The van der Waals surface area contributed by atoms with Crippen LogP contribution in [0.15, 0.2) is 53.9 Å². The van der Waals surface area contributed by atoms with Gasteiger partial charge in [0.05, 0.1) is 17.9 Å². The van der Waals surface area contributed by atoms with Gasteiger partial charge in [-0.15, -0.1) is 11.3 Å². The van der Waals surface area contributed by atoms with Gasteiger partial charge in [0.2, 0.25) is 0 Å². The SMILES string of the molecule is CCOc1ccc(-c2csc(/C(C#N)=C/c3ccc(C)cc3)n2)cc1. The van der Waals surface area contributed by atoms with E-state index in [1.54, 1.807) is 0 Å². The van der Waals surface area contributed by atoms with E-state index in [0.29, 0.717) is 12.2 Å². The molecule has 0 aliphatic heterocycles. The zero-order valence-corrected chi connectivity index (χ0v) is 15.0. The molecule has 3 nitrogen and oxygen atoms in total. The van der Waals surface area contributed by atoms with Crippen molar-refractivity contribution in [1.82, 2.24) is 4.98 Å². The van der Waals surface area contributed by atoms with Gasteiger partial charge < -0.3 is 4.74 Å². The van der Waals surface area contributed by atoms with Crippen molar-refractivity contribution in [2.24, 2.45) is 0 Å². The van der Waals surface area contributed by atoms with Crippen molar-refractivity contribution < 1.29 is 4.74 Å². The molecule has 1 aromatic heterocycles. The van der Waals surface area contributed by atoms with E-state index in [0.717, 1.165) is 27.6 Å². The van der Waals surface area contributed by atoms with E-state index in [2.05, 4.69) is 11.1 Å². The standard InChI is InChI=1S/C21H18N2OS/c1-3-24-19-10-8-17(9-11-19)20-14-25-21(23-20)18(13-22)12-16-6-4-15(2)5-7-16/h4-12,14H,3H2,1-2H3/b18-12+. The first-order valence-corrected chi connectivity index (χ1v) is 8.95. The topological polar surface area (TPSA) is 45.9 Å². The minimum absolute atomic E-state index is 0.575. The second-order valence-corrected chi connectivity index (χ2v) is 6.43. The van der Waals surface area contributed by atoms with Gasteiger partial charge in [0.15, 0.2) is 0 Å². The lowest BCUT2D eigenvalue weighted by atomic mass is 10.1. The molecule has 3 aromatic rings. The van der Waals surface area contributed by atoms with Crippen molar-refractivity contribution in [1.29, 1.82) is 5.26 Å². The van der Waals surface area contributed by atoms with Crippen LogP contribution in [-0.4, -0.2) is 11.6 Å². The number of aryl methyl sites for hydroxylation is 1. The number of aromatic nitrogens is 1. The molecule has 0 N–H and O–H groups in total. The van der Waals surface area contributed by atoms with Gasteiger partial charge in [-0.25, -0.2) is 4.98 Å². The Hall–Kier alpha value is -2.90. The highest BCUT2D eigenvalue weighted by Gasteiger charge is 2.09. The summed E-state index contributed by atoms with van der Waals surface area (Å²) in [6.07, 6.45) is 1.88. The van der Waals surface area contributed by atoms with Crippen LogP contribution < -0.4 is 4.74 Å². The van der Waals surface area contributed by atoms with Crippen LogP contribution in [0.4, 0.5) is 0 Å². The predicted octanol–water partition coefficient (Wildman–Crippen LogP) is 5.58. The van der Waals surface area contributed by atoms with E-state index in [9.17, 15) is 5.26 Å². The van der Waals surface area contributed by atoms with Gasteiger partial charge in [0, 0.05) is 10.9 Å². The van der Waals surface area contributed by atoms with Crippen molar-refractivity contribution in [3.8, 4) is 23.1 Å². The molecule has 0 saturated carbocycles. The smallest absolute Gasteiger partial charge is 0.134 e. The van der Waals surface area contributed by atoms with Gasteiger partial charge in [-0.3, -0.25) is 0 Å². The first kappa shape index (κ1) is 16.9. The van der Waals surface area contributed by atoms with E-state index in [4.69, 9.17) is 4.74 Å². The molecular formula is C21H18N2OS. The van der Waals surface area contributed by atoms with E-state index in [-0.39, 0.29) is 0 Å². The Balaban J connectivity index is 1.86. The molecule has 0 saturated heterocycles. The Morgan fingerprint density at radius 3 is 2.52 bits per heavy atom. The second kappa shape index (κ2) is 7.78. The number of rotatable bonds is 5. The molecule has 4 heteroatoms. The van der Waals surface area contributed by atoms with Crippen LogP contribution >= 0.6 is 11.3 Å². The fraction of sp³-hybridized carbons (Fsp3) is 0.143. The van der Waals surface area contributed by atoms with E-state index in [1.807, 2.05) is 73.8 Å². The lowest BCUT2D eigenvalue weighted by Crippen LogP contribution is -1.90. The Bertz CT molecular complexity index is 916. The summed E-state index contributed by atoms with van der Waals surface area (Å²) < 4.78 is 5.46. The summed E-state index contributed by atoms with van der Waals surface area (Å²) in [5, 5.41) is 12.2. The lowest BCUT2D eigenvalue weighted by Gasteiger charge is -2.03. The fourth-order valence-corrected chi connectivity index (χ4v) is 3.18. The molecule has 0 fully saturated rings. The number of hydrogen-bond donors (Lipinski definition) is 0. The Morgan fingerprint density at radius 2 is 1.88 bits per heavy atom. The van der Waals surface area contributed by atoms with Gasteiger partial charge in [-0.05, 0) is 49.8 Å². The molecule has 0 atom stereocenters. The average Bonchev–Trinajstić information content (AvgIpc) is 3.12. The summed E-state index contributed by atoms with van der Waals surface area (Å²) in [6.45, 7) is 4.66. The highest BCUT2D eigenvalue weighted by molar-refractivity contribution is 7.11. The van der Waals surface area contributed by atoms with Gasteiger partial charge in [-0.1, -0.05) is 29.8 Å². The third-order valence-corrected chi connectivity index (χ3v) is 4.58. The molecule has 1 heterocycles. The van der Waals surface area contributed by atoms with Gasteiger partial charge in [0.1, 0.15) is 16.8 Å². The normalized spacial score (nSPS) is 11.2. The van der Waals surface area contributed by atoms with Crippen LogP contribution in [0.2, 0.25) is 0 Å². The molecular weight excluding hydrogens is 328 g/mol. The van der Waals surface area contributed by atoms with Crippen molar-refractivity contribution in [3.63, 3.8) is 0 Å². The predicted molar refractivity (Wildman–Crippen MR) is 103 cm³/mol. The van der Waals surface area contributed by atoms with Crippen LogP contribution in [-0.2, 0) is 0 Å². The molecule has 0 aliphatic rings. The third-order valence-electron chi connectivity index (χ3n) is 3.70. The molecule has 0 aliphatic carbocycles. The maximum absolute atomic E-state index is 9.50. The van der Waals surface area contributed by atoms with Gasteiger partial charge >= 0.3 is 0 Å². The van der Waals surface area contributed by atoms with Crippen LogP contribution in [0.5, 0.6) is 5.75 Å². The Morgan fingerprint density at radius 1 is 1.16 bits per heavy atom. The molecule has 3 rings (SSSR count). The molecule has 124 valence electrons. The average molecular weight is 346 g/mol. The summed E-state index contributed by atoms with van der Waals surface area (Å²) in [5.74, 6) is 0.846. The number of hydrogen-bond acceptors (Lipinski definition) is 4. The van der Waals surface area contributed by atoms with Crippen LogP contribution in [0, 0.1) is 18.3 Å². The molecule has 2 aromatic carbocycles. The number of thiazole rings is 1.